The van der Waals surface area contributed by atoms with E-state index in [4.69, 9.17) is 4.98 Å². The highest BCUT2D eigenvalue weighted by Crippen LogP contribution is 2.30. The number of hydrogen-bond acceptors (Lipinski definition) is 2. The number of piperidine rings is 1. The van der Waals surface area contributed by atoms with E-state index in [1.54, 1.807) is 0 Å². The molecule has 0 amide bonds. The van der Waals surface area contributed by atoms with Gasteiger partial charge in [-0.15, -0.1) is 0 Å². The Morgan fingerprint density at radius 3 is 2.94 bits per heavy atom. The van der Waals surface area contributed by atoms with E-state index in [0.717, 1.165) is 12.1 Å². The lowest BCUT2D eigenvalue weighted by Gasteiger charge is -2.29. The molecule has 1 saturated heterocycles. The molecule has 0 saturated carbocycles. The Labute approximate surface area is 108 Å². The van der Waals surface area contributed by atoms with Gasteiger partial charge < -0.3 is 9.88 Å². The molecular formula is C15H21N3. The van der Waals surface area contributed by atoms with Crippen LogP contribution in [-0.4, -0.2) is 16.1 Å². The van der Waals surface area contributed by atoms with E-state index in [9.17, 15) is 0 Å². The van der Waals surface area contributed by atoms with E-state index >= 15 is 0 Å². The van der Waals surface area contributed by atoms with Crippen molar-refractivity contribution in [1.82, 2.24) is 14.9 Å². The second kappa shape index (κ2) is 4.39. The Morgan fingerprint density at radius 2 is 2.22 bits per heavy atom. The van der Waals surface area contributed by atoms with E-state index in [2.05, 4.69) is 49.0 Å². The van der Waals surface area contributed by atoms with Crippen molar-refractivity contribution < 1.29 is 0 Å². The molecule has 2 heterocycles. The van der Waals surface area contributed by atoms with Crippen LogP contribution in [0.25, 0.3) is 11.0 Å². The summed E-state index contributed by atoms with van der Waals surface area (Å²) in [6, 6.07) is 6.76. The Hall–Kier alpha value is -1.35. The Balaban J connectivity index is 2.12. The predicted octanol–water partition coefficient (Wildman–Crippen LogP) is 2.94. The minimum absolute atomic E-state index is 0.399. The highest BCUT2D eigenvalue weighted by atomic mass is 15.1. The molecule has 3 nitrogen and oxygen atoms in total. The molecule has 18 heavy (non-hydrogen) atoms. The van der Waals surface area contributed by atoms with Gasteiger partial charge in [-0.2, -0.15) is 0 Å². The quantitative estimate of drug-likeness (QED) is 0.834. The van der Waals surface area contributed by atoms with Crippen LogP contribution in [0.3, 0.4) is 0 Å². The lowest BCUT2D eigenvalue weighted by atomic mass is 9.92. The molecule has 0 radical (unpaired) electrons. The SMILES string of the molecule is Cc1cccc2nc(C3NCCCC3C)n(C)c12. The zero-order valence-electron chi connectivity index (χ0n) is 11.4. The van der Waals surface area contributed by atoms with Gasteiger partial charge in [0.05, 0.1) is 17.1 Å². The molecule has 1 N–H and O–H groups in total. The predicted molar refractivity (Wildman–Crippen MR) is 74.6 cm³/mol. The van der Waals surface area contributed by atoms with Crippen LogP contribution in [0.1, 0.15) is 37.2 Å². The number of aryl methyl sites for hydroxylation is 2. The molecule has 0 bridgehead atoms. The minimum Gasteiger partial charge on any atom is -0.330 e. The van der Waals surface area contributed by atoms with E-state index in [1.807, 2.05) is 0 Å². The van der Waals surface area contributed by atoms with Crippen molar-refractivity contribution in [3.05, 3.63) is 29.6 Å². The number of hydrogen-bond donors (Lipinski definition) is 1. The highest BCUT2D eigenvalue weighted by molar-refractivity contribution is 5.79. The molecule has 0 spiro atoms. The van der Waals surface area contributed by atoms with Gasteiger partial charge in [0.1, 0.15) is 5.82 Å². The molecule has 1 aliphatic rings. The van der Waals surface area contributed by atoms with Crippen LogP contribution in [0, 0.1) is 12.8 Å². The van der Waals surface area contributed by atoms with Crippen molar-refractivity contribution in [3.8, 4) is 0 Å². The lowest BCUT2D eigenvalue weighted by molar-refractivity contribution is 0.291. The van der Waals surface area contributed by atoms with Gasteiger partial charge >= 0.3 is 0 Å². The molecule has 2 aromatic rings. The summed E-state index contributed by atoms with van der Waals surface area (Å²) in [6.45, 7) is 5.59. The van der Waals surface area contributed by atoms with Gasteiger partial charge in [0, 0.05) is 7.05 Å². The summed E-state index contributed by atoms with van der Waals surface area (Å²) in [5.41, 5.74) is 3.69. The zero-order valence-corrected chi connectivity index (χ0v) is 11.4. The van der Waals surface area contributed by atoms with Gasteiger partial charge in [-0.3, -0.25) is 0 Å². The van der Waals surface area contributed by atoms with Crippen LogP contribution in [0.5, 0.6) is 0 Å². The summed E-state index contributed by atoms with van der Waals surface area (Å²) < 4.78 is 2.27. The third-order valence-corrected chi connectivity index (χ3v) is 4.18. The van der Waals surface area contributed by atoms with E-state index in [-0.39, 0.29) is 0 Å². The van der Waals surface area contributed by atoms with Crippen molar-refractivity contribution in [1.29, 1.82) is 0 Å². The smallest absolute Gasteiger partial charge is 0.127 e. The van der Waals surface area contributed by atoms with Crippen LogP contribution >= 0.6 is 0 Å². The normalized spacial score (nSPS) is 24.6. The van der Waals surface area contributed by atoms with Crippen molar-refractivity contribution >= 4 is 11.0 Å². The third-order valence-electron chi connectivity index (χ3n) is 4.18. The molecule has 1 aromatic heterocycles. The first-order valence-electron chi connectivity index (χ1n) is 6.84. The van der Waals surface area contributed by atoms with Crippen LogP contribution in [0.15, 0.2) is 18.2 Å². The first-order chi connectivity index (χ1) is 8.68. The number of rotatable bonds is 1. The fourth-order valence-corrected chi connectivity index (χ4v) is 3.16. The van der Waals surface area contributed by atoms with Crippen molar-refractivity contribution in [2.75, 3.05) is 6.54 Å². The highest BCUT2D eigenvalue weighted by Gasteiger charge is 2.26. The largest absolute Gasteiger partial charge is 0.330 e. The number of aromatic nitrogens is 2. The Bertz CT molecular complexity index is 570. The lowest BCUT2D eigenvalue weighted by Crippen LogP contribution is -2.34. The van der Waals surface area contributed by atoms with Crippen LogP contribution < -0.4 is 5.32 Å². The summed E-state index contributed by atoms with van der Waals surface area (Å²) in [5.74, 6) is 1.85. The molecule has 3 rings (SSSR count). The summed E-state index contributed by atoms with van der Waals surface area (Å²) in [5, 5.41) is 3.62. The third kappa shape index (κ3) is 1.74. The zero-order chi connectivity index (χ0) is 12.7. The van der Waals surface area contributed by atoms with Gasteiger partial charge in [0.25, 0.3) is 0 Å². The fourth-order valence-electron chi connectivity index (χ4n) is 3.16. The maximum absolute atomic E-state index is 4.85. The van der Waals surface area contributed by atoms with Crippen molar-refractivity contribution in [2.24, 2.45) is 13.0 Å². The monoisotopic (exact) mass is 243 g/mol. The number of benzene rings is 1. The molecule has 1 aliphatic heterocycles. The first-order valence-corrected chi connectivity index (χ1v) is 6.84. The molecule has 2 atom stereocenters. The number of nitrogens with one attached hydrogen (secondary N) is 1. The van der Waals surface area contributed by atoms with Gasteiger partial charge in [0.15, 0.2) is 0 Å². The average Bonchev–Trinajstić information content (AvgIpc) is 2.69. The van der Waals surface area contributed by atoms with Gasteiger partial charge in [-0.1, -0.05) is 19.1 Å². The summed E-state index contributed by atoms with van der Waals surface area (Å²) in [7, 11) is 2.14. The number of para-hydroxylation sites is 1. The second-order valence-electron chi connectivity index (χ2n) is 5.52. The fraction of sp³-hybridized carbons (Fsp3) is 0.533. The number of fused-ring (bicyclic) bond motifs is 1. The Morgan fingerprint density at radius 1 is 1.39 bits per heavy atom. The molecule has 1 fully saturated rings. The maximum atomic E-state index is 4.85. The molecule has 2 unspecified atom stereocenters. The summed E-state index contributed by atoms with van der Waals surface area (Å²) >= 11 is 0. The summed E-state index contributed by atoms with van der Waals surface area (Å²) in [4.78, 5) is 4.85. The van der Waals surface area contributed by atoms with Gasteiger partial charge in [-0.25, -0.2) is 4.98 Å². The van der Waals surface area contributed by atoms with E-state index in [1.165, 1.54) is 29.7 Å². The van der Waals surface area contributed by atoms with Crippen molar-refractivity contribution in [3.63, 3.8) is 0 Å². The second-order valence-corrected chi connectivity index (χ2v) is 5.52. The average molecular weight is 243 g/mol. The van der Waals surface area contributed by atoms with E-state index in [0.29, 0.717) is 12.0 Å². The number of nitrogens with zero attached hydrogens (tertiary/aromatic N) is 2. The molecule has 1 aromatic carbocycles. The standard InChI is InChI=1S/C15H21N3/c1-10-7-5-9-16-13(10)15-17-12-8-4-6-11(2)14(12)18(15)3/h4,6,8,10,13,16H,5,7,9H2,1-3H3. The minimum atomic E-state index is 0.399. The summed E-state index contributed by atoms with van der Waals surface area (Å²) in [6.07, 6.45) is 2.57. The number of imidazole rings is 1. The van der Waals surface area contributed by atoms with Gasteiger partial charge in [0.2, 0.25) is 0 Å². The van der Waals surface area contributed by atoms with Gasteiger partial charge in [-0.05, 0) is 43.9 Å². The van der Waals surface area contributed by atoms with E-state index < -0.39 is 0 Å². The maximum Gasteiger partial charge on any atom is 0.127 e. The molecule has 3 heteroatoms. The van der Waals surface area contributed by atoms with Crippen LogP contribution in [0.4, 0.5) is 0 Å². The van der Waals surface area contributed by atoms with Crippen LogP contribution in [-0.2, 0) is 7.05 Å². The molecule has 0 aliphatic carbocycles. The molecular weight excluding hydrogens is 222 g/mol. The van der Waals surface area contributed by atoms with Crippen LogP contribution in [0.2, 0.25) is 0 Å². The first kappa shape index (κ1) is 11.7. The topological polar surface area (TPSA) is 29.9 Å². The Kier molecular flexibility index (Phi) is 2.86. The van der Waals surface area contributed by atoms with Crippen molar-refractivity contribution in [2.45, 2.75) is 32.7 Å². The molecule has 96 valence electrons.